The van der Waals surface area contributed by atoms with E-state index in [9.17, 15) is 4.79 Å². The summed E-state index contributed by atoms with van der Waals surface area (Å²) in [6.45, 7) is 0. The number of hydrogen-bond acceptors (Lipinski definition) is 3. The zero-order valence-electron chi connectivity index (χ0n) is 8.43. The van der Waals surface area contributed by atoms with Crippen molar-refractivity contribution in [3.05, 3.63) is 57.7 Å². The fourth-order valence-corrected chi connectivity index (χ4v) is 1.84. The predicted octanol–water partition coefficient (Wildman–Crippen LogP) is 2.51. The molecule has 0 saturated heterocycles. The van der Waals surface area contributed by atoms with E-state index in [1.54, 1.807) is 6.20 Å². The summed E-state index contributed by atoms with van der Waals surface area (Å²) in [5.74, 6) is 0.0808. The van der Waals surface area contributed by atoms with Crippen molar-refractivity contribution >= 4 is 28.4 Å². The number of ketones is 1. The molecule has 0 unspecified atom stereocenters. The number of aromatic nitrogens is 2. The maximum Gasteiger partial charge on any atom is 0.168 e. The van der Waals surface area contributed by atoms with E-state index < -0.39 is 0 Å². The molecular weight excluding hydrogens is 315 g/mol. The number of Topliss-reactive ketones (excluding diaryl/α,β-unsaturated/α-hetero) is 1. The molecule has 16 heavy (non-hydrogen) atoms. The summed E-state index contributed by atoms with van der Waals surface area (Å²) in [5, 5.41) is 0. The van der Waals surface area contributed by atoms with Gasteiger partial charge in [0.15, 0.2) is 5.78 Å². The molecule has 0 atom stereocenters. The Morgan fingerprint density at radius 2 is 2.00 bits per heavy atom. The van der Waals surface area contributed by atoms with Gasteiger partial charge >= 0.3 is 0 Å². The number of hydrogen-bond donors (Lipinski definition) is 0. The lowest BCUT2D eigenvalue weighted by Crippen LogP contribution is -2.06. The molecule has 4 heteroatoms. The second-order valence-electron chi connectivity index (χ2n) is 3.28. The fourth-order valence-electron chi connectivity index (χ4n) is 1.35. The lowest BCUT2D eigenvalue weighted by Gasteiger charge is -2.02. The molecule has 0 aliphatic heterocycles. The van der Waals surface area contributed by atoms with E-state index in [1.165, 1.54) is 6.33 Å². The largest absolute Gasteiger partial charge is 0.294 e. The minimum Gasteiger partial charge on any atom is -0.294 e. The van der Waals surface area contributed by atoms with Gasteiger partial charge in [-0.2, -0.15) is 0 Å². The Kier molecular flexibility index (Phi) is 3.61. The normalized spacial score (nSPS) is 10.1. The first-order valence-electron chi connectivity index (χ1n) is 4.80. The first kappa shape index (κ1) is 11.2. The van der Waals surface area contributed by atoms with Gasteiger partial charge in [-0.05, 0) is 22.6 Å². The van der Waals surface area contributed by atoms with Gasteiger partial charge in [0.2, 0.25) is 0 Å². The molecule has 1 heterocycles. The second-order valence-corrected chi connectivity index (χ2v) is 4.45. The number of halogens is 1. The highest BCUT2D eigenvalue weighted by molar-refractivity contribution is 14.1. The van der Waals surface area contributed by atoms with Gasteiger partial charge in [0.1, 0.15) is 6.33 Å². The van der Waals surface area contributed by atoms with Crippen LogP contribution in [-0.4, -0.2) is 15.8 Å². The second kappa shape index (κ2) is 5.16. The summed E-state index contributed by atoms with van der Waals surface area (Å²) in [4.78, 5) is 19.9. The van der Waals surface area contributed by atoms with Crippen LogP contribution in [0.3, 0.4) is 0 Å². The molecule has 1 aromatic carbocycles. The molecule has 0 spiro atoms. The van der Waals surface area contributed by atoms with Crippen molar-refractivity contribution in [1.29, 1.82) is 0 Å². The Morgan fingerprint density at radius 3 is 2.69 bits per heavy atom. The maximum absolute atomic E-state index is 11.9. The molecule has 0 N–H and O–H groups in total. The third-order valence-corrected chi connectivity index (χ3v) is 3.07. The van der Waals surface area contributed by atoms with Gasteiger partial charge in [0.05, 0.1) is 15.7 Å². The highest BCUT2D eigenvalue weighted by Gasteiger charge is 2.09. The first-order valence-corrected chi connectivity index (χ1v) is 5.88. The number of carbonyl (C=O) groups is 1. The van der Waals surface area contributed by atoms with Gasteiger partial charge in [-0.25, -0.2) is 9.97 Å². The molecule has 2 rings (SSSR count). The molecular formula is C12H9IN2O. The van der Waals surface area contributed by atoms with Crippen LogP contribution < -0.4 is 0 Å². The average Bonchev–Trinajstić information content (AvgIpc) is 2.33. The van der Waals surface area contributed by atoms with E-state index in [0.717, 1.165) is 14.8 Å². The molecule has 0 aliphatic rings. The summed E-state index contributed by atoms with van der Waals surface area (Å²) in [5.41, 5.74) is 1.50. The number of nitrogens with zero attached hydrogens (tertiary/aromatic N) is 2. The van der Waals surface area contributed by atoms with Gasteiger partial charge in [-0.1, -0.05) is 30.3 Å². The zero-order chi connectivity index (χ0) is 11.4. The van der Waals surface area contributed by atoms with Crippen molar-refractivity contribution in [2.75, 3.05) is 0 Å². The summed E-state index contributed by atoms with van der Waals surface area (Å²) < 4.78 is 0.921. The predicted molar refractivity (Wildman–Crippen MR) is 69.2 cm³/mol. The van der Waals surface area contributed by atoms with Crippen LogP contribution in [0.1, 0.15) is 16.1 Å². The van der Waals surface area contributed by atoms with Crippen LogP contribution in [0.25, 0.3) is 0 Å². The van der Waals surface area contributed by atoms with Gasteiger partial charge in [0.25, 0.3) is 0 Å². The minimum atomic E-state index is 0.0808. The molecule has 3 nitrogen and oxygen atoms in total. The van der Waals surface area contributed by atoms with Crippen LogP contribution in [0, 0.1) is 3.57 Å². The molecule has 2 aromatic rings. The molecule has 0 fully saturated rings. The quantitative estimate of drug-likeness (QED) is 0.644. The molecule has 0 bridgehead atoms. The van der Waals surface area contributed by atoms with Gasteiger partial charge < -0.3 is 0 Å². The van der Waals surface area contributed by atoms with Crippen LogP contribution in [-0.2, 0) is 6.42 Å². The van der Waals surface area contributed by atoms with E-state index in [-0.39, 0.29) is 5.78 Å². The molecule has 0 amide bonds. The lowest BCUT2D eigenvalue weighted by atomic mass is 10.1. The average molecular weight is 324 g/mol. The van der Waals surface area contributed by atoms with Crippen molar-refractivity contribution in [2.24, 2.45) is 0 Å². The van der Waals surface area contributed by atoms with E-state index in [4.69, 9.17) is 0 Å². The van der Waals surface area contributed by atoms with Crippen molar-refractivity contribution in [2.45, 2.75) is 6.42 Å². The number of rotatable bonds is 3. The zero-order valence-corrected chi connectivity index (χ0v) is 10.6. The Labute approximate surface area is 107 Å². The van der Waals surface area contributed by atoms with Crippen molar-refractivity contribution in [3.8, 4) is 0 Å². The molecule has 0 radical (unpaired) electrons. The molecule has 0 aliphatic carbocycles. The lowest BCUT2D eigenvalue weighted by molar-refractivity contribution is 0.0991. The van der Waals surface area contributed by atoms with E-state index in [1.807, 2.05) is 30.3 Å². The van der Waals surface area contributed by atoms with Crippen molar-refractivity contribution in [1.82, 2.24) is 9.97 Å². The van der Waals surface area contributed by atoms with Crippen LogP contribution in [0.2, 0.25) is 0 Å². The van der Waals surface area contributed by atoms with Crippen LogP contribution in [0.15, 0.2) is 42.9 Å². The van der Waals surface area contributed by atoms with Gasteiger partial charge in [-0.3, -0.25) is 4.79 Å². The Morgan fingerprint density at radius 1 is 1.25 bits per heavy atom. The third kappa shape index (κ3) is 2.63. The molecule has 80 valence electrons. The summed E-state index contributed by atoms with van der Waals surface area (Å²) >= 11 is 2.14. The third-order valence-electron chi connectivity index (χ3n) is 2.17. The highest BCUT2D eigenvalue weighted by Crippen LogP contribution is 2.10. The van der Waals surface area contributed by atoms with Crippen LogP contribution >= 0.6 is 22.6 Å². The molecule has 1 aromatic heterocycles. The Balaban J connectivity index is 2.18. The Hall–Kier alpha value is -1.30. The van der Waals surface area contributed by atoms with E-state index in [0.29, 0.717) is 6.42 Å². The monoisotopic (exact) mass is 324 g/mol. The number of benzene rings is 1. The van der Waals surface area contributed by atoms with Crippen molar-refractivity contribution < 1.29 is 4.79 Å². The van der Waals surface area contributed by atoms with Crippen LogP contribution in [0.4, 0.5) is 0 Å². The van der Waals surface area contributed by atoms with Crippen LogP contribution in [0.5, 0.6) is 0 Å². The smallest absolute Gasteiger partial charge is 0.168 e. The highest BCUT2D eigenvalue weighted by atomic mass is 127. The summed E-state index contributed by atoms with van der Waals surface area (Å²) in [7, 11) is 0. The van der Waals surface area contributed by atoms with Gasteiger partial charge in [0, 0.05) is 11.8 Å². The maximum atomic E-state index is 11.9. The summed E-state index contributed by atoms with van der Waals surface area (Å²) in [6, 6.07) is 9.24. The first-order chi connectivity index (χ1) is 7.77. The fraction of sp³-hybridized carbons (Fsp3) is 0.0833. The van der Waals surface area contributed by atoms with Crippen molar-refractivity contribution in [3.63, 3.8) is 0 Å². The molecule has 0 saturated carbocycles. The number of carbonyl (C=O) groups excluding carboxylic acids is 1. The van der Waals surface area contributed by atoms with Gasteiger partial charge in [-0.15, -0.1) is 0 Å². The topological polar surface area (TPSA) is 42.9 Å². The van der Waals surface area contributed by atoms with E-state index >= 15 is 0 Å². The Bertz CT molecular complexity index is 499. The SMILES string of the molecule is O=C(Cc1ncncc1I)c1ccccc1. The minimum absolute atomic E-state index is 0.0808. The van der Waals surface area contributed by atoms with E-state index in [2.05, 4.69) is 32.6 Å². The standard InChI is InChI=1S/C12H9IN2O/c13-10-7-14-8-15-11(10)6-12(16)9-4-2-1-3-5-9/h1-5,7-8H,6H2. The summed E-state index contributed by atoms with van der Waals surface area (Å²) in [6.07, 6.45) is 3.50.